The van der Waals surface area contributed by atoms with Crippen molar-refractivity contribution >= 4 is 17.7 Å². The minimum Gasteiger partial charge on any atom is -0.342 e. The van der Waals surface area contributed by atoms with Crippen LogP contribution in [0.5, 0.6) is 0 Å². The van der Waals surface area contributed by atoms with Gasteiger partial charge in [-0.2, -0.15) is 0 Å². The third-order valence-electron chi connectivity index (χ3n) is 4.53. The zero-order valence-electron chi connectivity index (χ0n) is 14.4. The van der Waals surface area contributed by atoms with Crippen LogP contribution >= 0.6 is 11.8 Å². The molecule has 2 aromatic carbocycles. The monoisotopic (exact) mass is 339 g/mol. The summed E-state index contributed by atoms with van der Waals surface area (Å²) < 4.78 is 0. The molecule has 126 valence electrons. The Morgan fingerprint density at radius 2 is 1.75 bits per heavy atom. The van der Waals surface area contributed by atoms with Gasteiger partial charge in [0, 0.05) is 23.2 Å². The van der Waals surface area contributed by atoms with Crippen LogP contribution in [0.3, 0.4) is 0 Å². The fourth-order valence-corrected chi connectivity index (χ4v) is 3.75. The van der Waals surface area contributed by atoms with Gasteiger partial charge in [0.25, 0.3) is 0 Å². The van der Waals surface area contributed by atoms with Crippen molar-refractivity contribution in [2.24, 2.45) is 0 Å². The maximum absolute atomic E-state index is 12.5. The van der Waals surface area contributed by atoms with E-state index in [1.54, 1.807) is 0 Å². The van der Waals surface area contributed by atoms with Crippen molar-refractivity contribution in [3.8, 4) is 0 Å². The van der Waals surface area contributed by atoms with Gasteiger partial charge in [-0.15, -0.1) is 11.8 Å². The topological polar surface area (TPSA) is 20.3 Å². The normalized spacial score (nSPS) is 15.1. The van der Waals surface area contributed by atoms with Gasteiger partial charge >= 0.3 is 0 Å². The molecule has 1 amide bonds. The first-order chi connectivity index (χ1) is 11.6. The summed E-state index contributed by atoms with van der Waals surface area (Å²) in [5.74, 6) is 0.182. The first-order valence-corrected chi connectivity index (χ1v) is 9.55. The van der Waals surface area contributed by atoms with Crippen molar-refractivity contribution < 1.29 is 4.79 Å². The van der Waals surface area contributed by atoms with Crippen LogP contribution in [0.2, 0.25) is 0 Å². The predicted molar refractivity (Wildman–Crippen MR) is 101 cm³/mol. The lowest BCUT2D eigenvalue weighted by Gasteiger charge is -2.25. The van der Waals surface area contributed by atoms with Crippen LogP contribution in [0.4, 0.5) is 0 Å². The zero-order chi connectivity index (χ0) is 16.9. The van der Waals surface area contributed by atoms with E-state index in [-0.39, 0.29) is 11.9 Å². The summed E-state index contributed by atoms with van der Waals surface area (Å²) in [6.07, 6.45) is 4.05. The lowest BCUT2D eigenvalue weighted by atomic mass is 10.1. The van der Waals surface area contributed by atoms with E-state index < -0.39 is 0 Å². The molecule has 1 atom stereocenters. The predicted octanol–water partition coefficient (Wildman–Crippen LogP) is 4.57. The molecule has 1 saturated carbocycles. The van der Waals surface area contributed by atoms with E-state index in [1.165, 1.54) is 23.3 Å². The molecule has 2 nitrogen and oxygen atoms in total. The van der Waals surface area contributed by atoms with E-state index >= 15 is 0 Å². The molecule has 1 aliphatic carbocycles. The number of hydrogen-bond donors (Lipinski definition) is 0. The second kappa shape index (κ2) is 7.89. The van der Waals surface area contributed by atoms with Gasteiger partial charge in [0.05, 0.1) is 6.42 Å². The molecular formula is C21H25NOS. The molecule has 0 aromatic heterocycles. The number of hydrogen-bond acceptors (Lipinski definition) is 2. The maximum atomic E-state index is 12.5. The Hall–Kier alpha value is -1.74. The summed E-state index contributed by atoms with van der Waals surface area (Å²) in [6.45, 7) is 2.11. The Kier molecular flexibility index (Phi) is 5.62. The highest BCUT2D eigenvalue weighted by Crippen LogP contribution is 2.39. The van der Waals surface area contributed by atoms with Crippen LogP contribution in [0.15, 0.2) is 59.5 Å². The molecule has 0 heterocycles. The fourth-order valence-electron chi connectivity index (χ4n) is 2.70. The van der Waals surface area contributed by atoms with E-state index in [1.807, 2.05) is 41.9 Å². The average molecular weight is 340 g/mol. The summed E-state index contributed by atoms with van der Waals surface area (Å²) >= 11 is 1.95. The van der Waals surface area contributed by atoms with Gasteiger partial charge in [-0.1, -0.05) is 42.5 Å². The number of rotatable bonds is 7. The average Bonchev–Trinajstić information content (AvgIpc) is 3.41. The summed E-state index contributed by atoms with van der Waals surface area (Å²) in [5, 5.41) is 0.822. The lowest BCUT2D eigenvalue weighted by Crippen LogP contribution is -2.37. The number of amides is 1. The van der Waals surface area contributed by atoms with Gasteiger partial charge in [0.1, 0.15) is 0 Å². The second-order valence-electron chi connectivity index (χ2n) is 6.68. The Balaban J connectivity index is 1.53. The van der Waals surface area contributed by atoms with Gasteiger partial charge in [-0.05, 0) is 49.4 Å². The van der Waals surface area contributed by atoms with Gasteiger partial charge in [0.2, 0.25) is 5.91 Å². The summed E-state index contributed by atoms with van der Waals surface area (Å²) in [6, 6.07) is 19.0. The molecule has 3 heteroatoms. The molecule has 0 radical (unpaired) electrons. The molecule has 0 N–H and O–H groups in total. The standard InChI is InChI=1S/C21H25NOS/c1-16(14-17-6-4-3-5-7-17)22(2)21(23)15-18-8-10-19(11-9-18)24-20-12-13-20/h3-11,16,20H,12-15H2,1-2H3/t16-/m1/s1. The number of carbonyl (C=O) groups is 1. The van der Waals surface area contributed by atoms with Gasteiger partial charge in [-0.25, -0.2) is 0 Å². The number of benzene rings is 2. The molecule has 0 saturated heterocycles. The van der Waals surface area contributed by atoms with Crippen molar-refractivity contribution in [3.05, 3.63) is 65.7 Å². The summed E-state index contributed by atoms with van der Waals surface area (Å²) in [4.78, 5) is 15.7. The lowest BCUT2D eigenvalue weighted by molar-refractivity contribution is -0.130. The molecule has 0 aliphatic heterocycles. The summed E-state index contributed by atoms with van der Waals surface area (Å²) in [7, 11) is 1.91. The smallest absolute Gasteiger partial charge is 0.226 e. The van der Waals surface area contributed by atoms with Crippen LogP contribution in [0.1, 0.15) is 30.9 Å². The highest BCUT2D eigenvalue weighted by atomic mass is 32.2. The molecule has 2 aromatic rings. The van der Waals surface area contributed by atoms with Crippen molar-refractivity contribution in [3.63, 3.8) is 0 Å². The Morgan fingerprint density at radius 1 is 1.08 bits per heavy atom. The van der Waals surface area contributed by atoms with Gasteiger partial charge < -0.3 is 4.90 Å². The second-order valence-corrected chi connectivity index (χ2v) is 8.06. The molecular weight excluding hydrogens is 314 g/mol. The van der Waals surface area contributed by atoms with E-state index in [9.17, 15) is 4.79 Å². The third-order valence-corrected chi connectivity index (χ3v) is 5.88. The minimum atomic E-state index is 0.182. The molecule has 3 rings (SSSR count). The van der Waals surface area contributed by atoms with Crippen LogP contribution < -0.4 is 0 Å². The molecule has 0 spiro atoms. The highest BCUT2D eigenvalue weighted by molar-refractivity contribution is 8.00. The number of nitrogens with zero attached hydrogens (tertiary/aromatic N) is 1. The van der Waals surface area contributed by atoms with Crippen molar-refractivity contribution in [1.82, 2.24) is 4.90 Å². The van der Waals surface area contributed by atoms with Gasteiger partial charge in [0.15, 0.2) is 0 Å². The van der Waals surface area contributed by atoms with Crippen molar-refractivity contribution in [1.29, 1.82) is 0 Å². The maximum Gasteiger partial charge on any atom is 0.226 e. The van der Waals surface area contributed by atoms with Crippen LogP contribution in [0, 0.1) is 0 Å². The number of likely N-dealkylation sites (N-methyl/N-ethyl adjacent to an activating group) is 1. The van der Waals surface area contributed by atoms with Crippen LogP contribution in [0.25, 0.3) is 0 Å². The Bertz CT molecular complexity index is 664. The fraction of sp³-hybridized carbons (Fsp3) is 0.381. The Morgan fingerprint density at radius 3 is 2.38 bits per heavy atom. The van der Waals surface area contributed by atoms with E-state index in [4.69, 9.17) is 0 Å². The van der Waals surface area contributed by atoms with Crippen molar-refractivity contribution in [2.45, 2.75) is 48.8 Å². The van der Waals surface area contributed by atoms with E-state index in [0.29, 0.717) is 6.42 Å². The Labute approximate surface area is 149 Å². The molecule has 1 aliphatic rings. The SMILES string of the molecule is C[C@H](Cc1ccccc1)N(C)C(=O)Cc1ccc(SC2CC2)cc1. The molecule has 0 unspecified atom stereocenters. The highest BCUT2D eigenvalue weighted by Gasteiger charge is 2.22. The summed E-state index contributed by atoms with van der Waals surface area (Å²) in [5.41, 5.74) is 2.37. The van der Waals surface area contributed by atoms with Crippen LogP contribution in [-0.4, -0.2) is 29.1 Å². The van der Waals surface area contributed by atoms with Crippen LogP contribution in [-0.2, 0) is 17.6 Å². The quantitative estimate of drug-likeness (QED) is 0.736. The third kappa shape index (κ3) is 4.88. The zero-order valence-corrected chi connectivity index (χ0v) is 15.3. The van der Waals surface area contributed by atoms with E-state index in [2.05, 4.69) is 43.3 Å². The first-order valence-electron chi connectivity index (χ1n) is 8.67. The first kappa shape index (κ1) is 17.1. The molecule has 1 fully saturated rings. The molecule has 0 bridgehead atoms. The minimum absolute atomic E-state index is 0.182. The van der Waals surface area contributed by atoms with Gasteiger partial charge in [-0.3, -0.25) is 4.79 Å². The number of thioether (sulfide) groups is 1. The largest absolute Gasteiger partial charge is 0.342 e. The molecule has 24 heavy (non-hydrogen) atoms. The van der Waals surface area contributed by atoms with Crippen molar-refractivity contribution in [2.75, 3.05) is 7.05 Å². The number of carbonyl (C=O) groups excluding carboxylic acids is 1. The van der Waals surface area contributed by atoms with E-state index in [0.717, 1.165) is 17.2 Å².